The fourth-order valence-corrected chi connectivity index (χ4v) is 1.59. The molecule has 0 N–H and O–H groups in total. The van der Waals surface area contributed by atoms with Crippen molar-refractivity contribution < 1.29 is 23.1 Å². The zero-order valence-electron chi connectivity index (χ0n) is 10.4. The Balaban J connectivity index is 2.53. The number of ether oxygens (including phenoxy) is 1. The zero-order chi connectivity index (χ0) is 14.7. The molecule has 0 saturated carbocycles. The summed E-state index contributed by atoms with van der Waals surface area (Å²) in [5.41, 5.74) is -0.851. The van der Waals surface area contributed by atoms with Crippen LogP contribution in [0.1, 0.15) is 26.5 Å². The molecular weight excluding hydrogens is 267 g/mol. The number of esters is 1. The second kappa shape index (κ2) is 5.48. The smallest absolute Gasteiger partial charge is 0.341 e. The van der Waals surface area contributed by atoms with Gasteiger partial charge < -0.3 is 9.15 Å². The number of hydrogen-bond donors (Lipinski definition) is 0. The third-order valence-electron chi connectivity index (χ3n) is 2.55. The van der Waals surface area contributed by atoms with E-state index >= 15 is 0 Å². The van der Waals surface area contributed by atoms with Crippen molar-refractivity contribution in [2.45, 2.75) is 0 Å². The van der Waals surface area contributed by atoms with E-state index in [9.17, 15) is 18.8 Å². The van der Waals surface area contributed by atoms with E-state index in [1.54, 1.807) is 0 Å². The molecule has 0 amide bonds. The van der Waals surface area contributed by atoms with E-state index < -0.39 is 29.0 Å². The second-order valence-electron chi connectivity index (χ2n) is 3.82. The molecule has 1 aromatic heterocycles. The Morgan fingerprint density at radius 3 is 2.35 bits per heavy atom. The molecule has 0 saturated heterocycles. The minimum atomic E-state index is -0.806. The van der Waals surface area contributed by atoms with Crippen LogP contribution in [-0.2, 0) is 4.74 Å². The summed E-state index contributed by atoms with van der Waals surface area (Å²) >= 11 is 0. The average Bonchev–Trinajstić information content (AvgIpc) is 2.46. The zero-order valence-corrected chi connectivity index (χ0v) is 10.4. The third-order valence-corrected chi connectivity index (χ3v) is 2.55. The fraction of sp³-hybridized carbons (Fsp3) is 0.0714. The molecule has 0 aliphatic carbocycles. The van der Waals surface area contributed by atoms with Crippen molar-refractivity contribution in [3.63, 3.8) is 0 Å². The molecule has 0 fully saturated rings. The summed E-state index contributed by atoms with van der Waals surface area (Å²) in [6, 6.07) is 6.79. The van der Waals surface area contributed by atoms with Gasteiger partial charge in [0.25, 0.3) is 0 Å². The first-order valence-corrected chi connectivity index (χ1v) is 5.55. The van der Waals surface area contributed by atoms with Crippen LogP contribution < -0.4 is 5.63 Å². The molecule has 0 radical (unpaired) electrons. The van der Waals surface area contributed by atoms with E-state index in [2.05, 4.69) is 4.74 Å². The predicted octanol–water partition coefficient (Wildman–Crippen LogP) is 1.80. The van der Waals surface area contributed by atoms with Gasteiger partial charge in [0.1, 0.15) is 11.4 Å². The van der Waals surface area contributed by atoms with Gasteiger partial charge in [-0.25, -0.2) is 14.0 Å². The highest BCUT2D eigenvalue weighted by atomic mass is 19.1. The Kier molecular flexibility index (Phi) is 3.74. The van der Waals surface area contributed by atoms with E-state index in [-0.39, 0.29) is 11.1 Å². The predicted molar refractivity (Wildman–Crippen MR) is 66.2 cm³/mol. The molecular formula is C14H9FO5. The van der Waals surface area contributed by atoms with Crippen LogP contribution in [0.3, 0.4) is 0 Å². The number of hydrogen-bond acceptors (Lipinski definition) is 5. The molecule has 0 atom stereocenters. The van der Waals surface area contributed by atoms with Crippen LogP contribution in [0.4, 0.5) is 4.39 Å². The van der Waals surface area contributed by atoms with E-state index in [4.69, 9.17) is 4.42 Å². The Hall–Kier alpha value is -2.76. The largest absolute Gasteiger partial charge is 0.465 e. The molecule has 0 aliphatic rings. The van der Waals surface area contributed by atoms with Gasteiger partial charge in [-0.3, -0.25) is 4.79 Å². The van der Waals surface area contributed by atoms with E-state index in [1.165, 1.54) is 12.1 Å². The van der Waals surface area contributed by atoms with Crippen molar-refractivity contribution in [1.29, 1.82) is 0 Å². The first-order chi connectivity index (χ1) is 9.52. The van der Waals surface area contributed by atoms with Gasteiger partial charge in [-0.2, -0.15) is 0 Å². The van der Waals surface area contributed by atoms with Crippen molar-refractivity contribution in [3.8, 4) is 0 Å². The van der Waals surface area contributed by atoms with Crippen molar-refractivity contribution in [2.75, 3.05) is 7.11 Å². The molecule has 1 aromatic carbocycles. The normalized spacial score (nSPS) is 10.1. The lowest BCUT2D eigenvalue weighted by Gasteiger charge is -2.05. The van der Waals surface area contributed by atoms with Gasteiger partial charge in [0.15, 0.2) is 5.76 Å². The highest BCUT2D eigenvalue weighted by molar-refractivity contribution is 6.12. The van der Waals surface area contributed by atoms with Crippen LogP contribution in [0, 0.1) is 5.82 Å². The number of carbonyl (C=O) groups is 2. The molecule has 6 heteroatoms. The highest BCUT2D eigenvalue weighted by Crippen LogP contribution is 2.14. The van der Waals surface area contributed by atoms with Gasteiger partial charge in [-0.1, -0.05) is 0 Å². The Bertz CT molecular complexity index is 715. The summed E-state index contributed by atoms with van der Waals surface area (Å²) in [4.78, 5) is 34.9. The van der Waals surface area contributed by atoms with Gasteiger partial charge in [-0.15, -0.1) is 0 Å². The number of ketones is 1. The van der Waals surface area contributed by atoms with Crippen molar-refractivity contribution in [2.24, 2.45) is 0 Å². The number of halogens is 1. The summed E-state index contributed by atoms with van der Waals surface area (Å²) < 4.78 is 22.1. The first kappa shape index (κ1) is 13.7. The molecule has 5 nitrogen and oxygen atoms in total. The average molecular weight is 276 g/mol. The minimum Gasteiger partial charge on any atom is -0.465 e. The maximum Gasteiger partial charge on any atom is 0.341 e. The molecule has 2 rings (SSSR count). The summed E-state index contributed by atoms with van der Waals surface area (Å²) in [5, 5.41) is 0. The molecule has 1 heterocycles. The summed E-state index contributed by atoms with van der Waals surface area (Å²) in [6.07, 6.45) is 0. The standard InChI is InChI=1S/C14H9FO5/c1-19-14(18)10-6-7-11(16)20-13(10)12(17)8-2-4-9(15)5-3-8/h2-7H,1H3. The van der Waals surface area contributed by atoms with Crippen molar-refractivity contribution in [1.82, 2.24) is 0 Å². The van der Waals surface area contributed by atoms with Gasteiger partial charge in [0.2, 0.25) is 5.78 Å². The van der Waals surface area contributed by atoms with Crippen LogP contribution in [0.15, 0.2) is 45.6 Å². The monoisotopic (exact) mass is 276 g/mol. The van der Waals surface area contributed by atoms with Crippen LogP contribution in [0.25, 0.3) is 0 Å². The first-order valence-electron chi connectivity index (χ1n) is 5.55. The second-order valence-corrected chi connectivity index (χ2v) is 3.82. The van der Waals surface area contributed by atoms with Crippen molar-refractivity contribution in [3.05, 3.63) is 69.5 Å². The van der Waals surface area contributed by atoms with Crippen LogP contribution in [0.2, 0.25) is 0 Å². The lowest BCUT2D eigenvalue weighted by Crippen LogP contribution is -2.15. The molecule has 0 spiro atoms. The SMILES string of the molecule is COC(=O)c1ccc(=O)oc1C(=O)c1ccc(F)cc1. The summed E-state index contributed by atoms with van der Waals surface area (Å²) in [7, 11) is 1.14. The third kappa shape index (κ3) is 2.64. The highest BCUT2D eigenvalue weighted by Gasteiger charge is 2.22. The van der Waals surface area contributed by atoms with E-state index in [0.29, 0.717) is 0 Å². The maximum atomic E-state index is 12.8. The lowest BCUT2D eigenvalue weighted by molar-refractivity contribution is 0.0592. The summed E-state index contributed by atoms with van der Waals surface area (Å²) in [6.45, 7) is 0. The summed E-state index contributed by atoms with van der Waals surface area (Å²) in [5.74, 6) is -2.46. The topological polar surface area (TPSA) is 73.6 Å². The van der Waals surface area contributed by atoms with Gasteiger partial charge in [-0.05, 0) is 30.3 Å². The Morgan fingerprint density at radius 1 is 1.10 bits per heavy atom. The molecule has 20 heavy (non-hydrogen) atoms. The van der Waals surface area contributed by atoms with Gasteiger partial charge in [0.05, 0.1) is 7.11 Å². The molecule has 0 aliphatic heterocycles. The Labute approximate surface area is 112 Å². The van der Waals surface area contributed by atoms with Gasteiger partial charge >= 0.3 is 11.6 Å². The fourth-order valence-electron chi connectivity index (χ4n) is 1.59. The minimum absolute atomic E-state index is 0.0888. The molecule has 0 bridgehead atoms. The number of carbonyl (C=O) groups excluding carboxylic acids is 2. The van der Waals surface area contributed by atoms with Crippen LogP contribution in [-0.4, -0.2) is 18.9 Å². The van der Waals surface area contributed by atoms with E-state index in [1.807, 2.05) is 0 Å². The van der Waals surface area contributed by atoms with Gasteiger partial charge in [0, 0.05) is 11.6 Å². The number of rotatable bonds is 3. The van der Waals surface area contributed by atoms with Crippen LogP contribution >= 0.6 is 0 Å². The molecule has 102 valence electrons. The molecule has 2 aromatic rings. The maximum absolute atomic E-state index is 12.8. The van der Waals surface area contributed by atoms with Crippen molar-refractivity contribution >= 4 is 11.8 Å². The lowest BCUT2D eigenvalue weighted by atomic mass is 10.1. The Morgan fingerprint density at radius 2 is 1.75 bits per heavy atom. The van der Waals surface area contributed by atoms with E-state index in [0.717, 1.165) is 31.4 Å². The number of methoxy groups -OCH3 is 1. The molecule has 0 unspecified atom stereocenters. The number of benzene rings is 1. The van der Waals surface area contributed by atoms with Crippen LogP contribution in [0.5, 0.6) is 0 Å². The quantitative estimate of drug-likeness (QED) is 0.631.